The van der Waals surface area contributed by atoms with Crippen molar-refractivity contribution in [1.82, 2.24) is 9.91 Å². The zero-order chi connectivity index (χ0) is 25.9. The number of amides is 2. The van der Waals surface area contributed by atoms with E-state index in [9.17, 15) is 9.59 Å². The first-order valence-electron chi connectivity index (χ1n) is 12.5. The van der Waals surface area contributed by atoms with Gasteiger partial charge in [-0.15, -0.1) is 0 Å². The lowest BCUT2D eigenvalue weighted by Crippen LogP contribution is -2.54. The topological polar surface area (TPSA) is 97.5 Å². The molecule has 0 spiro atoms. The molecule has 2 aromatic rings. The highest BCUT2D eigenvalue weighted by atomic mass is 16.5. The van der Waals surface area contributed by atoms with Gasteiger partial charge in [0.25, 0.3) is 0 Å². The quantitative estimate of drug-likeness (QED) is 0.640. The minimum absolute atomic E-state index is 0.0114. The number of benzene rings is 2. The van der Waals surface area contributed by atoms with Crippen LogP contribution in [0.3, 0.4) is 0 Å². The molecule has 8 heteroatoms. The molecule has 0 aliphatic carbocycles. The standard InChI is InChI=1S/C28H36N4O4/c1-28(2)18-23(20-10-11-24(35-3)25(17-20)36-4)30-32(27(28)34)21-12-14-31(15-13-21)26(33)22(29)16-19-8-6-5-7-9-19/h5-11,17,21-22H,12-16,18,29H2,1-4H3/t22-/m1/s1. The Kier molecular flexibility index (Phi) is 7.64. The number of likely N-dealkylation sites (tertiary alicyclic amines) is 1. The van der Waals surface area contributed by atoms with Crippen molar-refractivity contribution in [3.05, 3.63) is 59.7 Å². The number of nitrogens with two attached hydrogens (primary N) is 1. The van der Waals surface area contributed by atoms with Crippen LogP contribution in [0.25, 0.3) is 0 Å². The second-order valence-electron chi connectivity index (χ2n) is 10.2. The van der Waals surface area contributed by atoms with Gasteiger partial charge in [-0.1, -0.05) is 44.2 Å². The summed E-state index contributed by atoms with van der Waals surface area (Å²) in [5.74, 6) is 1.24. The van der Waals surface area contributed by atoms with Crippen LogP contribution in [-0.2, 0) is 16.0 Å². The van der Waals surface area contributed by atoms with E-state index in [-0.39, 0.29) is 17.9 Å². The van der Waals surface area contributed by atoms with Gasteiger partial charge in [0.1, 0.15) is 0 Å². The third kappa shape index (κ3) is 5.38. The maximum absolute atomic E-state index is 13.3. The average Bonchev–Trinajstić information content (AvgIpc) is 2.90. The predicted octanol–water partition coefficient (Wildman–Crippen LogP) is 3.23. The van der Waals surface area contributed by atoms with Gasteiger partial charge in [0, 0.05) is 25.1 Å². The van der Waals surface area contributed by atoms with Crippen molar-refractivity contribution in [2.45, 2.75) is 51.6 Å². The van der Waals surface area contributed by atoms with Gasteiger partial charge in [0.15, 0.2) is 11.5 Å². The van der Waals surface area contributed by atoms with E-state index >= 15 is 0 Å². The van der Waals surface area contributed by atoms with Gasteiger partial charge in [0.05, 0.1) is 37.4 Å². The average molecular weight is 493 g/mol. The van der Waals surface area contributed by atoms with Crippen LogP contribution < -0.4 is 15.2 Å². The summed E-state index contributed by atoms with van der Waals surface area (Å²) in [4.78, 5) is 28.1. The first-order valence-corrected chi connectivity index (χ1v) is 12.5. The molecule has 0 saturated carbocycles. The number of methoxy groups -OCH3 is 2. The molecule has 2 aliphatic rings. The minimum atomic E-state index is -0.588. The van der Waals surface area contributed by atoms with Crippen molar-refractivity contribution >= 4 is 17.5 Å². The zero-order valence-corrected chi connectivity index (χ0v) is 21.6. The van der Waals surface area contributed by atoms with E-state index in [2.05, 4.69) is 0 Å². The van der Waals surface area contributed by atoms with Crippen molar-refractivity contribution in [2.24, 2.45) is 16.3 Å². The second-order valence-corrected chi connectivity index (χ2v) is 10.2. The molecular weight excluding hydrogens is 456 g/mol. The van der Waals surface area contributed by atoms with Crippen LogP contribution in [0.1, 0.15) is 44.2 Å². The molecule has 192 valence electrons. The number of nitrogens with zero attached hydrogens (tertiary/aromatic N) is 3. The fourth-order valence-corrected chi connectivity index (χ4v) is 4.96. The van der Waals surface area contributed by atoms with E-state index in [0.29, 0.717) is 50.3 Å². The van der Waals surface area contributed by atoms with E-state index in [1.165, 1.54) is 0 Å². The molecule has 1 saturated heterocycles. The molecule has 0 bridgehead atoms. The van der Waals surface area contributed by atoms with E-state index in [0.717, 1.165) is 16.8 Å². The fourth-order valence-electron chi connectivity index (χ4n) is 4.96. The lowest BCUT2D eigenvalue weighted by atomic mass is 9.82. The van der Waals surface area contributed by atoms with Gasteiger partial charge in [-0.25, -0.2) is 5.01 Å². The molecule has 36 heavy (non-hydrogen) atoms. The molecule has 8 nitrogen and oxygen atoms in total. The van der Waals surface area contributed by atoms with Gasteiger partial charge < -0.3 is 20.1 Å². The van der Waals surface area contributed by atoms with E-state index in [1.807, 2.05) is 67.3 Å². The monoisotopic (exact) mass is 492 g/mol. The van der Waals surface area contributed by atoms with Crippen LogP contribution >= 0.6 is 0 Å². The molecule has 0 unspecified atom stereocenters. The number of piperidine rings is 1. The summed E-state index contributed by atoms with van der Waals surface area (Å²) in [7, 11) is 3.20. The fraction of sp³-hybridized carbons (Fsp3) is 0.464. The normalized spacial score (nSPS) is 19.0. The first-order chi connectivity index (χ1) is 17.2. The number of ether oxygens (including phenoxy) is 2. The molecule has 0 radical (unpaired) electrons. The van der Waals surface area contributed by atoms with Crippen molar-refractivity contribution in [3.8, 4) is 11.5 Å². The molecule has 2 heterocycles. The largest absolute Gasteiger partial charge is 0.493 e. The number of hydrogen-bond donors (Lipinski definition) is 1. The van der Waals surface area contributed by atoms with Gasteiger partial charge in [-0.05, 0) is 43.0 Å². The SMILES string of the molecule is COc1ccc(C2=NN(C3CCN(C(=O)[C@H](N)Cc4ccccc4)CC3)C(=O)C(C)(C)C2)cc1OC. The Morgan fingerprint density at radius 3 is 2.39 bits per heavy atom. The number of rotatable bonds is 7. The summed E-state index contributed by atoms with van der Waals surface area (Å²) in [6.45, 7) is 5.02. The lowest BCUT2D eigenvalue weighted by molar-refractivity contribution is -0.145. The van der Waals surface area contributed by atoms with Gasteiger partial charge >= 0.3 is 0 Å². The second kappa shape index (κ2) is 10.7. The molecule has 2 amide bonds. The van der Waals surface area contributed by atoms with Crippen LogP contribution in [-0.4, -0.2) is 66.8 Å². The van der Waals surface area contributed by atoms with Crippen LogP contribution in [0.4, 0.5) is 0 Å². The Balaban J connectivity index is 1.47. The molecule has 4 rings (SSSR count). The first kappa shape index (κ1) is 25.7. The van der Waals surface area contributed by atoms with E-state index < -0.39 is 11.5 Å². The van der Waals surface area contributed by atoms with Crippen molar-refractivity contribution in [2.75, 3.05) is 27.3 Å². The maximum atomic E-state index is 13.3. The molecule has 2 aliphatic heterocycles. The maximum Gasteiger partial charge on any atom is 0.248 e. The third-order valence-corrected chi connectivity index (χ3v) is 7.08. The van der Waals surface area contributed by atoms with Crippen LogP contribution in [0.15, 0.2) is 53.6 Å². The smallest absolute Gasteiger partial charge is 0.248 e. The van der Waals surface area contributed by atoms with Crippen LogP contribution in [0.5, 0.6) is 11.5 Å². The Labute approximate surface area is 213 Å². The van der Waals surface area contributed by atoms with E-state index in [4.69, 9.17) is 20.3 Å². The van der Waals surface area contributed by atoms with Crippen LogP contribution in [0, 0.1) is 5.41 Å². The summed E-state index contributed by atoms with van der Waals surface area (Å²) in [5.41, 5.74) is 8.44. The summed E-state index contributed by atoms with van der Waals surface area (Å²) in [5, 5.41) is 6.47. The Morgan fingerprint density at radius 2 is 1.75 bits per heavy atom. The molecular formula is C28H36N4O4. The molecule has 1 atom stereocenters. The van der Waals surface area contributed by atoms with Crippen molar-refractivity contribution in [3.63, 3.8) is 0 Å². The third-order valence-electron chi connectivity index (χ3n) is 7.08. The summed E-state index contributed by atoms with van der Waals surface area (Å²) >= 11 is 0. The molecule has 2 aromatic carbocycles. The van der Waals surface area contributed by atoms with E-state index in [1.54, 1.807) is 19.2 Å². The number of carbonyl (C=O) groups is 2. The van der Waals surface area contributed by atoms with Crippen molar-refractivity contribution < 1.29 is 19.1 Å². The Morgan fingerprint density at radius 1 is 1.08 bits per heavy atom. The van der Waals surface area contributed by atoms with Gasteiger partial charge in [0.2, 0.25) is 11.8 Å². The summed E-state index contributed by atoms with van der Waals surface area (Å²) in [6.07, 6.45) is 2.36. The zero-order valence-electron chi connectivity index (χ0n) is 21.6. The van der Waals surface area contributed by atoms with Crippen molar-refractivity contribution in [1.29, 1.82) is 0 Å². The number of hydrazone groups is 1. The summed E-state index contributed by atoms with van der Waals surface area (Å²) in [6, 6.07) is 14.9. The number of carbonyl (C=O) groups excluding carboxylic acids is 2. The predicted molar refractivity (Wildman–Crippen MR) is 139 cm³/mol. The molecule has 0 aromatic heterocycles. The highest BCUT2D eigenvalue weighted by molar-refractivity contribution is 6.06. The lowest BCUT2D eigenvalue weighted by Gasteiger charge is -2.42. The minimum Gasteiger partial charge on any atom is -0.493 e. The van der Waals surface area contributed by atoms with Crippen LogP contribution in [0.2, 0.25) is 0 Å². The number of hydrogen-bond acceptors (Lipinski definition) is 6. The Bertz CT molecular complexity index is 1120. The Hall–Kier alpha value is -3.39. The highest BCUT2D eigenvalue weighted by Gasteiger charge is 2.42. The summed E-state index contributed by atoms with van der Waals surface area (Å²) < 4.78 is 10.8. The highest BCUT2D eigenvalue weighted by Crippen LogP contribution is 2.36. The molecule has 1 fully saturated rings. The van der Waals surface area contributed by atoms with Gasteiger partial charge in [-0.3, -0.25) is 9.59 Å². The molecule has 2 N–H and O–H groups in total. The van der Waals surface area contributed by atoms with Gasteiger partial charge in [-0.2, -0.15) is 5.10 Å².